The zero-order valence-corrected chi connectivity index (χ0v) is 19.8. The predicted molar refractivity (Wildman–Crippen MR) is 132 cm³/mol. The summed E-state index contributed by atoms with van der Waals surface area (Å²) in [7, 11) is -2.52. The standard InChI is InChI=1S/C24H19ClN2O4S2/c1-31-18-11-7-15(8-12-18)21(28)22-20(26)23(24(32-22)27-17-5-3-2-4-6-17)33(29,30)19-13-9-16(25)10-14-19/h2-14,27H,26H2,1H3. The van der Waals surface area contributed by atoms with Gasteiger partial charge in [-0.05, 0) is 60.7 Å². The fraction of sp³-hybridized carbons (Fsp3) is 0.0417. The summed E-state index contributed by atoms with van der Waals surface area (Å²) in [5, 5.41) is 3.77. The van der Waals surface area contributed by atoms with Crippen molar-refractivity contribution >= 4 is 54.9 Å². The number of ketones is 1. The molecule has 0 saturated heterocycles. The van der Waals surface area contributed by atoms with Crippen molar-refractivity contribution in [1.82, 2.24) is 0 Å². The molecule has 4 rings (SSSR count). The Balaban J connectivity index is 1.85. The molecule has 3 aromatic carbocycles. The zero-order valence-electron chi connectivity index (χ0n) is 17.4. The lowest BCUT2D eigenvalue weighted by atomic mass is 10.1. The van der Waals surface area contributed by atoms with E-state index in [4.69, 9.17) is 22.1 Å². The number of sulfone groups is 1. The number of nitrogens with two attached hydrogens (primary N) is 1. The van der Waals surface area contributed by atoms with Crippen molar-refractivity contribution in [2.45, 2.75) is 9.79 Å². The second kappa shape index (κ2) is 9.27. The Morgan fingerprint density at radius 2 is 1.61 bits per heavy atom. The number of carbonyl (C=O) groups is 1. The van der Waals surface area contributed by atoms with E-state index in [1.54, 1.807) is 36.4 Å². The number of anilines is 3. The molecule has 0 bridgehead atoms. The topological polar surface area (TPSA) is 98.5 Å². The van der Waals surface area contributed by atoms with E-state index in [0.717, 1.165) is 11.3 Å². The largest absolute Gasteiger partial charge is 0.497 e. The van der Waals surface area contributed by atoms with Gasteiger partial charge >= 0.3 is 0 Å². The molecule has 1 heterocycles. The molecular weight excluding hydrogens is 480 g/mol. The highest BCUT2D eigenvalue weighted by molar-refractivity contribution is 7.92. The minimum absolute atomic E-state index is 0.0240. The summed E-state index contributed by atoms with van der Waals surface area (Å²) in [6.07, 6.45) is 0. The second-order valence-electron chi connectivity index (χ2n) is 7.01. The Morgan fingerprint density at radius 3 is 2.21 bits per heavy atom. The SMILES string of the molecule is COc1ccc(C(=O)c2sc(Nc3ccccc3)c(S(=O)(=O)c3ccc(Cl)cc3)c2N)cc1. The number of hydrogen-bond acceptors (Lipinski definition) is 7. The first-order chi connectivity index (χ1) is 15.8. The molecule has 0 unspecified atom stereocenters. The van der Waals surface area contributed by atoms with Crippen LogP contribution in [0.5, 0.6) is 5.75 Å². The Bertz CT molecular complexity index is 1400. The zero-order chi connectivity index (χ0) is 23.6. The lowest BCUT2D eigenvalue weighted by Crippen LogP contribution is -2.08. The van der Waals surface area contributed by atoms with Crippen LogP contribution in [-0.2, 0) is 9.84 Å². The second-order valence-corrected chi connectivity index (χ2v) is 10.4. The van der Waals surface area contributed by atoms with Gasteiger partial charge in [0.2, 0.25) is 15.6 Å². The molecule has 3 N–H and O–H groups in total. The van der Waals surface area contributed by atoms with Gasteiger partial charge in [-0.25, -0.2) is 8.42 Å². The summed E-state index contributed by atoms with van der Waals surface area (Å²) in [5.41, 5.74) is 7.25. The Morgan fingerprint density at radius 1 is 0.970 bits per heavy atom. The van der Waals surface area contributed by atoms with Gasteiger partial charge in [0.15, 0.2) is 0 Å². The minimum atomic E-state index is -4.05. The average molecular weight is 499 g/mol. The van der Waals surface area contributed by atoms with E-state index in [2.05, 4.69) is 5.32 Å². The maximum atomic E-state index is 13.5. The number of methoxy groups -OCH3 is 1. The van der Waals surface area contributed by atoms with Crippen LogP contribution in [-0.4, -0.2) is 21.3 Å². The third kappa shape index (κ3) is 4.59. The molecule has 168 valence electrons. The fourth-order valence-electron chi connectivity index (χ4n) is 3.20. The maximum Gasteiger partial charge on any atom is 0.211 e. The minimum Gasteiger partial charge on any atom is -0.497 e. The number of benzene rings is 3. The quantitative estimate of drug-likeness (QED) is 0.312. The van der Waals surface area contributed by atoms with E-state index in [0.29, 0.717) is 22.0 Å². The Kier molecular flexibility index (Phi) is 6.42. The van der Waals surface area contributed by atoms with Gasteiger partial charge in [0, 0.05) is 16.3 Å². The molecule has 0 radical (unpaired) electrons. The molecule has 0 saturated carbocycles. The van der Waals surface area contributed by atoms with Crippen molar-refractivity contribution in [3.63, 3.8) is 0 Å². The number of nitrogens with one attached hydrogen (secondary N) is 1. The molecule has 0 amide bonds. The third-order valence-electron chi connectivity index (χ3n) is 4.88. The molecule has 1 aromatic heterocycles. The van der Waals surface area contributed by atoms with Gasteiger partial charge in [-0.3, -0.25) is 4.79 Å². The van der Waals surface area contributed by atoms with Gasteiger partial charge in [-0.15, -0.1) is 11.3 Å². The van der Waals surface area contributed by atoms with E-state index >= 15 is 0 Å². The Hall–Kier alpha value is -3.33. The van der Waals surface area contributed by atoms with Crippen molar-refractivity contribution < 1.29 is 17.9 Å². The van der Waals surface area contributed by atoms with Crippen molar-refractivity contribution in [2.24, 2.45) is 0 Å². The first kappa shape index (κ1) is 22.8. The molecular formula is C24H19ClN2O4S2. The van der Waals surface area contributed by atoms with Crippen LogP contribution in [0.4, 0.5) is 16.4 Å². The van der Waals surface area contributed by atoms with Crippen molar-refractivity contribution in [3.8, 4) is 5.75 Å². The van der Waals surface area contributed by atoms with E-state index < -0.39 is 9.84 Å². The molecule has 0 spiro atoms. The summed E-state index contributed by atoms with van der Waals surface area (Å²) in [6.45, 7) is 0. The normalized spacial score (nSPS) is 11.2. The average Bonchev–Trinajstić information content (AvgIpc) is 3.15. The number of halogens is 1. The third-order valence-corrected chi connectivity index (χ3v) is 8.24. The lowest BCUT2D eigenvalue weighted by Gasteiger charge is -2.09. The van der Waals surface area contributed by atoms with E-state index in [1.165, 1.54) is 31.4 Å². The van der Waals surface area contributed by atoms with Crippen LogP contribution < -0.4 is 15.8 Å². The summed E-state index contributed by atoms with van der Waals surface area (Å²) in [4.78, 5) is 13.3. The highest BCUT2D eigenvalue weighted by Gasteiger charge is 2.31. The summed E-state index contributed by atoms with van der Waals surface area (Å²) in [6, 6.07) is 21.4. The van der Waals surface area contributed by atoms with E-state index in [-0.39, 0.29) is 31.1 Å². The fourth-order valence-corrected chi connectivity index (χ4v) is 6.26. The predicted octanol–water partition coefficient (Wildman–Crippen LogP) is 5.80. The number of nitrogen functional groups attached to an aromatic ring is 1. The van der Waals surface area contributed by atoms with Crippen molar-refractivity contribution in [1.29, 1.82) is 0 Å². The summed E-state index contributed by atoms with van der Waals surface area (Å²) >= 11 is 6.93. The molecule has 0 aliphatic carbocycles. The first-order valence-electron chi connectivity index (χ1n) is 9.75. The number of ether oxygens (including phenoxy) is 1. The number of para-hydroxylation sites is 1. The highest BCUT2D eigenvalue weighted by atomic mass is 35.5. The van der Waals surface area contributed by atoms with Crippen LogP contribution in [0.25, 0.3) is 0 Å². The van der Waals surface area contributed by atoms with Crippen molar-refractivity contribution in [2.75, 3.05) is 18.2 Å². The molecule has 0 atom stereocenters. The Labute approximate surface area is 200 Å². The van der Waals surface area contributed by atoms with Crippen molar-refractivity contribution in [3.05, 3.63) is 94.3 Å². The monoisotopic (exact) mass is 498 g/mol. The van der Waals surface area contributed by atoms with Crippen LogP contribution in [0.2, 0.25) is 5.02 Å². The molecule has 6 nitrogen and oxygen atoms in total. The van der Waals surface area contributed by atoms with Gasteiger partial charge in [0.05, 0.1) is 17.7 Å². The lowest BCUT2D eigenvalue weighted by molar-refractivity contribution is 0.104. The van der Waals surface area contributed by atoms with E-state index in [1.807, 2.05) is 18.2 Å². The van der Waals surface area contributed by atoms with Gasteiger partial charge in [0.1, 0.15) is 20.5 Å². The van der Waals surface area contributed by atoms with Gasteiger partial charge in [-0.1, -0.05) is 29.8 Å². The summed E-state index contributed by atoms with van der Waals surface area (Å²) < 4.78 is 32.2. The molecule has 0 aliphatic heterocycles. The first-order valence-corrected chi connectivity index (χ1v) is 12.4. The molecule has 33 heavy (non-hydrogen) atoms. The maximum absolute atomic E-state index is 13.5. The van der Waals surface area contributed by atoms with Gasteiger partial charge in [0.25, 0.3) is 0 Å². The van der Waals surface area contributed by atoms with Gasteiger partial charge in [-0.2, -0.15) is 0 Å². The number of hydrogen-bond donors (Lipinski definition) is 2. The molecule has 0 aliphatic rings. The number of carbonyl (C=O) groups excluding carboxylic acids is 1. The van der Waals surface area contributed by atoms with Crippen LogP contribution in [0.1, 0.15) is 15.2 Å². The van der Waals surface area contributed by atoms with Crippen LogP contribution in [0.15, 0.2) is 88.7 Å². The number of thiophene rings is 1. The van der Waals surface area contributed by atoms with Gasteiger partial charge < -0.3 is 15.8 Å². The molecule has 4 aromatic rings. The molecule has 9 heteroatoms. The van der Waals surface area contributed by atoms with E-state index in [9.17, 15) is 13.2 Å². The highest BCUT2D eigenvalue weighted by Crippen LogP contribution is 2.44. The number of rotatable bonds is 7. The van der Waals surface area contributed by atoms with Crippen LogP contribution in [0, 0.1) is 0 Å². The van der Waals surface area contributed by atoms with Crippen LogP contribution >= 0.6 is 22.9 Å². The summed E-state index contributed by atoms with van der Waals surface area (Å²) in [5.74, 6) is 0.219. The smallest absolute Gasteiger partial charge is 0.211 e. The van der Waals surface area contributed by atoms with Crippen LogP contribution in [0.3, 0.4) is 0 Å². The molecule has 0 fully saturated rings.